The molecule has 2 nitrogen and oxygen atoms in total. The van der Waals surface area contributed by atoms with Crippen molar-refractivity contribution < 1.29 is 4.74 Å². The summed E-state index contributed by atoms with van der Waals surface area (Å²) in [6.45, 7) is 1.73. The zero-order valence-electron chi connectivity index (χ0n) is 8.30. The maximum Gasteiger partial charge on any atom is 0.0487 e. The summed E-state index contributed by atoms with van der Waals surface area (Å²) in [5.41, 5.74) is 1.16. The Morgan fingerprint density at radius 3 is 2.60 bits per heavy atom. The van der Waals surface area contributed by atoms with Crippen molar-refractivity contribution in [3.05, 3.63) is 27.1 Å². The molecule has 1 aliphatic heterocycles. The Kier molecular flexibility index (Phi) is 4.05. The summed E-state index contributed by atoms with van der Waals surface area (Å²) < 4.78 is 7.52. The lowest BCUT2D eigenvalue weighted by Crippen LogP contribution is -2.27. The van der Waals surface area contributed by atoms with E-state index in [0.717, 1.165) is 40.7 Å². The fourth-order valence-corrected chi connectivity index (χ4v) is 2.83. The molecular formula is C11H13Br2NO. The SMILES string of the molecule is Brc1ccc(NC2CCOCC2)c(Br)c1. The van der Waals surface area contributed by atoms with E-state index in [9.17, 15) is 0 Å². The van der Waals surface area contributed by atoms with Crippen molar-refractivity contribution in [2.45, 2.75) is 18.9 Å². The lowest BCUT2D eigenvalue weighted by molar-refractivity contribution is 0.0904. The maximum atomic E-state index is 5.33. The molecule has 1 N–H and O–H groups in total. The first kappa shape index (κ1) is 11.4. The second kappa shape index (κ2) is 5.32. The van der Waals surface area contributed by atoms with Crippen LogP contribution in [-0.4, -0.2) is 19.3 Å². The van der Waals surface area contributed by atoms with E-state index in [1.54, 1.807) is 0 Å². The normalized spacial score (nSPS) is 17.7. The monoisotopic (exact) mass is 333 g/mol. The third-order valence-electron chi connectivity index (χ3n) is 2.51. The van der Waals surface area contributed by atoms with Gasteiger partial charge in [-0.3, -0.25) is 0 Å². The van der Waals surface area contributed by atoms with Crippen molar-refractivity contribution in [2.24, 2.45) is 0 Å². The molecule has 2 rings (SSSR count). The highest BCUT2D eigenvalue weighted by molar-refractivity contribution is 9.11. The number of halogens is 2. The average molecular weight is 335 g/mol. The summed E-state index contributed by atoms with van der Waals surface area (Å²) in [6.07, 6.45) is 2.17. The van der Waals surface area contributed by atoms with E-state index in [1.165, 1.54) is 0 Å². The fourth-order valence-electron chi connectivity index (χ4n) is 1.67. The first-order chi connectivity index (χ1) is 7.25. The van der Waals surface area contributed by atoms with E-state index in [-0.39, 0.29) is 0 Å². The van der Waals surface area contributed by atoms with E-state index in [2.05, 4.69) is 49.3 Å². The maximum absolute atomic E-state index is 5.33. The van der Waals surface area contributed by atoms with Crippen LogP contribution >= 0.6 is 31.9 Å². The van der Waals surface area contributed by atoms with Crippen LogP contribution in [0, 0.1) is 0 Å². The average Bonchev–Trinajstić information content (AvgIpc) is 2.24. The Morgan fingerprint density at radius 1 is 1.20 bits per heavy atom. The van der Waals surface area contributed by atoms with Crippen molar-refractivity contribution in [2.75, 3.05) is 18.5 Å². The van der Waals surface area contributed by atoms with Crippen LogP contribution in [0.1, 0.15) is 12.8 Å². The predicted molar refractivity (Wildman–Crippen MR) is 69.3 cm³/mol. The Labute approximate surface area is 107 Å². The zero-order valence-corrected chi connectivity index (χ0v) is 11.5. The minimum atomic E-state index is 0.538. The quantitative estimate of drug-likeness (QED) is 0.888. The van der Waals surface area contributed by atoms with Crippen LogP contribution in [0.15, 0.2) is 27.1 Å². The van der Waals surface area contributed by atoms with Crippen LogP contribution in [-0.2, 0) is 4.74 Å². The van der Waals surface area contributed by atoms with Gasteiger partial charge in [-0.1, -0.05) is 15.9 Å². The molecule has 1 fully saturated rings. The van der Waals surface area contributed by atoms with E-state index < -0.39 is 0 Å². The number of hydrogen-bond donors (Lipinski definition) is 1. The molecule has 1 heterocycles. The van der Waals surface area contributed by atoms with E-state index >= 15 is 0 Å². The second-order valence-electron chi connectivity index (χ2n) is 3.66. The highest BCUT2D eigenvalue weighted by Crippen LogP contribution is 2.27. The fraction of sp³-hybridized carbons (Fsp3) is 0.455. The summed E-state index contributed by atoms with van der Waals surface area (Å²) in [5.74, 6) is 0. The van der Waals surface area contributed by atoms with Crippen LogP contribution in [0.3, 0.4) is 0 Å². The van der Waals surface area contributed by atoms with Gasteiger partial charge in [0.1, 0.15) is 0 Å². The van der Waals surface area contributed by atoms with Gasteiger partial charge < -0.3 is 10.1 Å². The van der Waals surface area contributed by atoms with Crippen molar-refractivity contribution in [1.82, 2.24) is 0 Å². The largest absolute Gasteiger partial charge is 0.381 e. The first-order valence-corrected chi connectivity index (χ1v) is 6.63. The lowest BCUT2D eigenvalue weighted by atomic mass is 10.1. The van der Waals surface area contributed by atoms with Crippen molar-refractivity contribution in [3.63, 3.8) is 0 Å². The van der Waals surface area contributed by atoms with Crippen LogP contribution in [0.4, 0.5) is 5.69 Å². The molecule has 0 aliphatic carbocycles. The van der Waals surface area contributed by atoms with Crippen molar-refractivity contribution in [1.29, 1.82) is 0 Å². The molecule has 1 saturated heterocycles. The molecule has 82 valence electrons. The van der Waals surface area contributed by atoms with Gasteiger partial charge >= 0.3 is 0 Å². The minimum absolute atomic E-state index is 0.538. The molecule has 0 bridgehead atoms. The molecule has 15 heavy (non-hydrogen) atoms. The Balaban J connectivity index is 2.03. The van der Waals surface area contributed by atoms with Gasteiger partial charge in [-0.05, 0) is 47.0 Å². The van der Waals surface area contributed by atoms with Gasteiger partial charge in [-0.25, -0.2) is 0 Å². The highest BCUT2D eigenvalue weighted by Gasteiger charge is 2.14. The van der Waals surface area contributed by atoms with Gasteiger partial charge in [0, 0.05) is 33.9 Å². The van der Waals surface area contributed by atoms with Gasteiger partial charge in [0.25, 0.3) is 0 Å². The third-order valence-corrected chi connectivity index (χ3v) is 3.66. The number of ether oxygens (including phenoxy) is 1. The Morgan fingerprint density at radius 2 is 1.93 bits per heavy atom. The van der Waals surface area contributed by atoms with Crippen molar-refractivity contribution in [3.8, 4) is 0 Å². The number of benzene rings is 1. The summed E-state index contributed by atoms with van der Waals surface area (Å²) in [5, 5.41) is 3.53. The van der Waals surface area contributed by atoms with E-state index in [4.69, 9.17) is 4.74 Å². The van der Waals surface area contributed by atoms with Crippen LogP contribution < -0.4 is 5.32 Å². The number of rotatable bonds is 2. The molecule has 1 aromatic carbocycles. The van der Waals surface area contributed by atoms with Gasteiger partial charge in [0.15, 0.2) is 0 Å². The number of hydrogen-bond acceptors (Lipinski definition) is 2. The molecule has 1 aromatic rings. The lowest BCUT2D eigenvalue weighted by Gasteiger charge is -2.24. The van der Waals surface area contributed by atoms with Crippen LogP contribution in [0.5, 0.6) is 0 Å². The molecule has 0 radical (unpaired) electrons. The van der Waals surface area contributed by atoms with E-state index in [1.807, 2.05) is 6.07 Å². The summed E-state index contributed by atoms with van der Waals surface area (Å²) in [7, 11) is 0. The van der Waals surface area contributed by atoms with Gasteiger partial charge in [-0.2, -0.15) is 0 Å². The molecule has 0 atom stereocenters. The minimum Gasteiger partial charge on any atom is -0.381 e. The topological polar surface area (TPSA) is 21.3 Å². The smallest absolute Gasteiger partial charge is 0.0487 e. The molecule has 0 spiro atoms. The standard InChI is InChI=1S/C11H13Br2NO/c12-8-1-2-11(10(13)7-8)14-9-3-5-15-6-4-9/h1-2,7,9,14H,3-6H2. The predicted octanol–water partition coefficient (Wildman–Crippen LogP) is 3.80. The molecular weight excluding hydrogens is 322 g/mol. The van der Waals surface area contributed by atoms with E-state index in [0.29, 0.717) is 6.04 Å². The molecule has 0 unspecified atom stereocenters. The molecule has 0 saturated carbocycles. The van der Waals surface area contributed by atoms with Crippen LogP contribution in [0.2, 0.25) is 0 Å². The number of nitrogens with one attached hydrogen (secondary N) is 1. The van der Waals surface area contributed by atoms with Gasteiger partial charge in [0.05, 0.1) is 0 Å². The second-order valence-corrected chi connectivity index (χ2v) is 5.43. The Bertz CT molecular complexity index is 337. The van der Waals surface area contributed by atoms with Gasteiger partial charge in [-0.15, -0.1) is 0 Å². The molecule has 0 aromatic heterocycles. The summed E-state index contributed by atoms with van der Waals surface area (Å²) >= 11 is 6.99. The zero-order chi connectivity index (χ0) is 10.7. The van der Waals surface area contributed by atoms with Crippen molar-refractivity contribution >= 4 is 37.5 Å². The van der Waals surface area contributed by atoms with Crippen LogP contribution in [0.25, 0.3) is 0 Å². The molecule has 0 amide bonds. The summed E-state index contributed by atoms with van der Waals surface area (Å²) in [4.78, 5) is 0. The molecule has 4 heteroatoms. The third kappa shape index (κ3) is 3.20. The highest BCUT2D eigenvalue weighted by atomic mass is 79.9. The summed E-state index contributed by atoms with van der Waals surface area (Å²) in [6, 6.07) is 6.73. The Hall–Kier alpha value is -0.0600. The first-order valence-electron chi connectivity index (χ1n) is 5.05. The van der Waals surface area contributed by atoms with Gasteiger partial charge in [0.2, 0.25) is 0 Å². The number of anilines is 1. The molecule has 1 aliphatic rings.